The molecule has 0 aromatic rings. The summed E-state index contributed by atoms with van der Waals surface area (Å²) in [4.78, 5) is 0. The summed E-state index contributed by atoms with van der Waals surface area (Å²) in [6.07, 6.45) is -0.655. The van der Waals surface area contributed by atoms with Crippen LogP contribution in [0.3, 0.4) is 0 Å². The first-order valence-corrected chi connectivity index (χ1v) is 2.98. The maximum absolute atomic E-state index is 5.53. The van der Waals surface area contributed by atoms with Crippen LogP contribution in [0.4, 0.5) is 0 Å². The maximum Gasteiger partial charge on any atom is 0.0949 e. The Balaban J connectivity index is 4.01. The monoisotopic (exact) mass is 132 g/mol. The van der Waals surface area contributed by atoms with Crippen LogP contribution in [0.1, 0.15) is 13.8 Å². The van der Waals surface area contributed by atoms with Gasteiger partial charge in [0.15, 0.2) is 0 Å². The zero-order valence-electron chi connectivity index (χ0n) is 5.96. The molecule has 0 aromatic carbocycles. The molecule has 0 aliphatic heterocycles. The van der Waals surface area contributed by atoms with Gasteiger partial charge in [-0.15, -0.1) is 0 Å². The average Bonchev–Trinajstić information content (AvgIpc) is 1.65. The standard InChI is InChI=1S/C5H16N4/c1-3(2)5(8,9)4(6)7/h3-4H,6-9H2,1-2H3. The van der Waals surface area contributed by atoms with E-state index >= 15 is 0 Å². The highest BCUT2D eigenvalue weighted by atomic mass is 15.1. The van der Waals surface area contributed by atoms with Crippen LogP contribution in [0.25, 0.3) is 0 Å². The fourth-order valence-electron chi connectivity index (χ4n) is 0.385. The van der Waals surface area contributed by atoms with Crippen molar-refractivity contribution in [3.63, 3.8) is 0 Å². The van der Waals surface area contributed by atoms with Crippen molar-refractivity contribution in [2.24, 2.45) is 28.9 Å². The van der Waals surface area contributed by atoms with Crippen molar-refractivity contribution in [3.8, 4) is 0 Å². The topological polar surface area (TPSA) is 104 Å². The van der Waals surface area contributed by atoms with Crippen LogP contribution >= 0.6 is 0 Å². The molecule has 8 N–H and O–H groups in total. The van der Waals surface area contributed by atoms with Crippen molar-refractivity contribution >= 4 is 0 Å². The van der Waals surface area contributed by atoms with E-state index < -0.39 is 11.8 Å². The zero-order chi connectivity index (χ0) is 7.65. The molecule has 0 saturated heterocycles. The molecule has 0 unspecified atom stereocenters. The molecule has 0 amide bonds. The van der Waals surface area contributed by atoms with Crippen LogP contribution in [-0.4, -0.2) is 11.8 Å². The minimum atomic E-state index is -0.944. The van der Waals surface area contributed by atoms with E-state index in [1.165, 1.54) is 0 Å². The van der Waals surface area contributed by atoms with Crippen molar-refractivity contribution in [2.75, 3.05) is 0 Å². The Bertz CT molecular complexity index is 77.0. The van der Waals surface area contributed by atoms with E-state index in [4.69, 9.17) is 22.9 Å². The predicted octanol–water partition coefficient (Wildman–Crippen LogP) is -1.50. The Hall–Kier alpha value is -0.160. The van der Waals surface area contributed by atoms with Crippen molar-refractivity contribution in [1.82, 2.24) is 0 Å². The normalized spacial score (nSPS) is 13.3. The van der Waals surface area contributed by atoms with Crippen LogP contribution in [0.5, 0.6) is 0 Å². The molecule has 0 heterocycles. The Kier molecular flexibility index (Phi) is 2.57. The number of hydrogen-bond acceptors (Lipinski definition) is 4. The van der Waals surface area contributed by atoms with Gasteiger partial charge in [-0.2, -0.15) is 0 Å². The van der Waals surface area contributed by atoms with Crippen molar-refractivity contribution in [1.29, 1.82) is 0 Å². The summed E-state index contributed by atoms with van der Waals surface area (Å²) in [5.74, 6) is 0.0949. The molecule has 0 radical (unpaired) electrons. The lowest BCUT2D eigenvalue weighted by Crippen LogP contribution is -2.69. The smallest absolute Gasteiger partial charge is 0.0949 e. The number of nitrogens with two attached hydrogens (primary N) is 4. The van der Waals surface area contributed by atoms with Crippen LogP contribution in [0.2, 0.25) is 0 Å². The van der Waals surface area contributed by atoms with Gasteiger partial charge in [-0.1, -0.05) is 13.8 Å². The molecular formula is C5H16N4. The quantitative estimate of drug-likeness (QED) is 0.343. The van der Waals surface area contributed by atoms with E-state index in [9.17, 15) is 0 Å². The molecule has 0 saturated carbocycles. The van der Waals surface area contributed by atoms with Gasteiger partial charge in [0, 0.05) is 0 Å². The van der Waals surface area contributed by atoms with E-state index in [2.05, 4.69) is 0 Å². The van der Waals surface area contributed by atoms with Crippen LogP contribution in [0, 0.1) is 5.92 Å². The molecule has 4 heteroatoms. The third kappa shape index (κ3) is 1.91. The summed E-state index contributed by atoms with van der Waals surface area (Å²) in [5, 5.41) is 0. The fraction of sp³-hybridized carbons (Fsp3) is 1.00. The van der Waals surface area contributed by atoms with Gasteiger partial charge in [-0.25, -0.2) is 0 Å². The van der Waals surface area contributed by atoms with E-state index in [1.807, 2.05) is 13.8 Å². The SMILES string of the molecule is CC(C)C(N)(N)C(N)N. The van der Waals surface area contributed by atoms with Gasteiger partial charge in [0.1, 0.15) is 0 Å². The zero-order valence-corrected chi connectivity index (χ0v) is 5.96. The molecule has 0 atom stereocenters. The molecule has 0 rings (SSSR count). The van der Waals surface area contributed by atoms with E-state index in [1.54, 1.807) is 0 Å². The molecule has 56 valence electrons. The lowest BCUT2D eigenvalue weighted by atomic mass is 9.96. The van der Waals surface area contributed by atoms with Crippen molar-refractivity contribution in [2.45, 2.75) is 25.7 Å². The molecule has 9 heavy (non-hydrogen) atoms. The first kappa shape index (κ1) is 8.84. The lowest BCUT2D eigenvalue weighted by Gasteiger charge is -2.32. The first-order valence-electron chi connectivity index (χ1n) is 2.98. The summed E-state index contributed by atoms with van der Waals surface area (Å²) in [7, 11) is 0. The highest BCUT2D eigenvalue weighted by Crippen LogP contribution is 2.06. The average molecular weight is 132 g/mol. The molecule has 0 aromatic heterocycles. The van der Waals surface area contributed by atoms with E-state index in [-0.39, 0.29) is 5.92 Å². The van der Waals surface area contributed by atoms with Crippen LogP contribution in [0.15, 0.2) is 0 Å². The second-order valence-electron chi connectivity index (χ2n) is 2.68. The number of hydrogen-bond donors (Lipinski definition) is 4. The Morgan fingerprint density at radius 3 is 1.44 bits per heavy atom. The fourth-order valence-corrected chi connectivity index (χ4v) is 0.385. The third-order valence-electron chi connectivity index (χ3n) is 1.58. The highest BCUT2D eigenvalue weighted by Gasteiger charge is 2.28. The second kappa shape index (κ2) is 2.62. The van der Waals surface area contributed by atoms with Gasteiger partial charge >= 0.3 is 0 Å². The summed E-state index contributed by atoms with van der Waals surface area (Å²) in [5.41, 5.74) is 20.7. The lowest BCUT2D eigenvalue weighted by molar-refractivity contribution is 0.265. The first-order chi connectivity index (χ1) is 3.89. The van der Waals surface area contributed by atoms with Crippen molar-refractivity contribution < 1.29 is 0 Å². The number of rotatable bonds is 2. The summed E-state index contributed by atoms with van der Waals surface area (Å²) in [6.45, 7) is 3.76. The Morgan fingerprint density at radius 2 is 1.44 bits per heavy atom. The van der Waals surface area contributed by atoms with Crippen LogP contribution in [-0.2, 0) is 0 Å². The molecule has 4 nitrogen and oxygen atoms in total. The summed E-state index contributed by atoms with van der Waals surface area (Å²) < 4.78 is 0. The maximum atomic E-state index is 5.53. The molecule has 0 spiro atoms. The summed E-state index contributed by atoms with van der Waals surface area (Å²) in [6, 6.07) is 0. The largest absolute Gasteiger partial charge is 0.313 e. The van der Waals surface area contributed by atoms with Gasteiger partial charge in [0.2, 0.25) is 0 Å². The molecular weight excluding hydrogens is 116 g/mol. The minimum absolute atomic E-state index is 0.0949. The van der Waals surface area contributed by atoms with Gasteiger partial charge in [0.25, 0.3) is 0 Å². The van der Waals surface area contributed by atoms with Gasteiger partial charge in [-0.3, -0.25) is 0 Å². The minimum Gasteiger partial charge on any atom is -0.313 e. The van der Waals surface area contributed by atoms with Gasteiger partial charge < -0.3 is 22.9 Å². The molecule has 0 fully saturated rings. The Morgan fingerprint density at radius 1 is 1.11 bits per heavy atom. The predicted molar refractivity (Wildman–Crippen MR) is 38.1 cm³/mol. The Labute approximate surface area is 55.6 Å². The molecule has 0 aliphatic rings. The van der Waals surface area contributed by atoms with Crippen molar-refractivity contribution in [3.05, 3.63) is 0 Å². The third-order valence-corrected chi connectivity index (χ3v) is 1.58. The van der Waals surface area contributed by atoms with E-state index in [0.29, 0.717) is 0 Å². The van der Waals surface area contributed by atoms with E-state index in [0.717, 1.165) is 0 Å². The summed E-state index contributed by atoms with van der Waals surface area (Å²) >= 11 is 0. The molecule has 0 aliphatic carbocycles. The van der Waals surface area contributed by atoms with Gasteiger partial charge in [-0.05, 0) is 5.92 Å². The highest BCUT2D eigenvalue weighted by molar-refractivity contribution is 4.87. The molecule has 0 bridgehead atoms. The second-order valence-corrected chi connectivity index (χ2v) is 2.68. The van der Waals surface area contributed by atoms with Gasteiger partial charge in [0.05, 0.1) is 11.8 Å². The van der Waals surface area contributed by atoms with Crippen LogP contribution < -0.4 is 22.9 Å².